The van der Waals surface area contributed by atoms with Crippen LogP contribution in [-0.4, -0.2) is 0 Å². The first-order chi connectivity index (χ1) is 5.53. The third-order valence-electron chi connectivity index (χ3n) is 3.20. The molecule has 0 radical (unpaired) electrons. The molecule has 0 N–H and O–H groups in total. The molecule has 0 bridgehead atoms. The molecule has 1 aliphatic rings. The van der Waals surface area contributed by atoms with E-state index in [1.807, 2.05) is 0 Å². The van der Waals surface area contributed by atoms with Crippen LogP contribution in [-0.2, 0) is 0 Å². The summed E-state index contributed by atoms with van der Waals surface area (Å²) in [5, 5.41) is 0. The zero-order valence-electron chi connectivity index (χ0n) is 9.19. The van der Waals surface area contributed by atoms with E-state index in [4.69, 9.17) is 0 Å². The zero-order chi connectivity index (χ0) is 9.19. The number of hydrogen-bond acceptors (Lipinski definition) is 0. The fraction of sp³-hybridized carbons (Fsp3) is 1.00. The van der Waals surface area contributed by atoms with E-state index in [0.29, 0.717) is 5.41 Å². The Morgan fingerprint density at radius 3 is 2.33 bits per heavy atom. The van der Waals surface area contributed by atoms with Crippen LogP contribution in [0.4, 0.5) is 0 Å². The first kappa shape index (κ1) is 10.1. The maximum atomic E-state index is 2.41. The molecule has 0 saturated heterocycles. The smallest absolute Gasteiger partial charge is 0.0349 e. The maximum Gasteiger partial charge on any atom is -0.0349 e. The highest BCUT2D eigenvalue weighted by Crippen LogP contribution is 2.47. The predicted octanol–water partition coefficient (Wildman–Crippen LogP) is 4.25. The molecular weight excluding hydrogens is 144 g/mol. The molecule has 12 heavy (non-hydrogen) atoms. The first-order valence-electron chi connectivity index (χ1n) is 5.53. The van der Waals surface area contributed by atoms with Crippen molar-refractivity contribution in [2.75, 3.05) is 0 Å². The molecule has 1 aliphatic carbocycles. The molecule has 0 aromatic rings. The van der Waals surface area contributed by atoms with Gasteiger partial charge in [-0.15, -0.1) is 0 Å². The van der Waals surface area contributed by atoms with Crippen molar-refractivity contribution in [1.82, 2.24) is 0 Å². The van der Waals surface area contributed by atoms with Gasteiger partial charge in [0, 0.05) is 0 Å². The molecule has 1 fully saturated rings. The van der Waals surface area contributed by atoms with Crippen LogP contribution in [0.2, 0.25) is 0 Å². The Morgan fingerprint density at radius 2 is 1.92 bits per heavy atom. The molecule has 1 rings (SSSR count). The van der Waals surface area contributed by atoms with Gasteiger partial charge in [0.1, 0.15) is 0 Å². The third kappa shape index (κ3) is 2.80. The molecule has 1 unspecified atom stereocenters. The molecule has 0 aromatic carbocycles. The normalized spacial score (nSPS) is 25.0. The average molecular weight is 168 g/mol. The molecule has 0 heterocycles. The molecule has 0 spiro atoms. The third-order valence-corrected chi connectivity index (χ3v) is 3.20. The summed E-state index contributed by atoms with van der Waals surface area (Å²) in [6.07, 6.45) is 7.22. The molecule has 0 heteroatoms. The highest BCUT2D eigenvalue weighted by atomic mass is 14.4. The molecule has 0 aromatic heterocycles. The molecular formula is C12H24. The molecule has 72 valence electrons. The standard InChI is InChI=1S/C12H24/c1-5-6-10(2)7-11-8-12(3,4)9-11/h10-11H,5-9H2,1-4H3. The van der Waals surface area contributed by atoms with Gasteiger partial charge in [-0.1, -0.05) is 40.5 Å². The fourth-order valence-electron chi connectivity index (χ4n) is 2.85. The van der Waals surface area contributed by atoms with Gasteiger partial charge >= 0.3 is 0 Å². The van der Waals surface area contributed by atoms with Gasteiger partial charge in [0.15, 0.2) is 0 Å². The highest BCUT2D eigenvalue weighted by molar-refractivity contribution is 4.87. The van der Waals surface area contributed by atoms with E-state index in [9.17, 15) is 0 Å². The Labute approximate surface area is 77.7 Å². The Kier molecular flexibility index (Phi) is 3.20. The lowest BCUT2D eigenvalue weighted by Gasteiger charge is -2.43. The van der Waals surface area contributed by atoms with E-state index in [1.54, 1.807) is 0 Å². The lowest BCUT2D eigenvalue weighted by atomic mass is 9.62. The van der Waals surface area contributed by atoms with E-state index in [0.717, 1.165) is 11.8 Å². The lowest BCUT2D eigenvalue weighted by molar-refractivity contribution is 0.0768. The van der Waals surface area contributed by atoms with Gasteiger partial charge in [0.05, 0.1) is 0 Å². The van der Waals surface area contributed by atoms with E-state index in [2.05, 4.69) is 27.7 Å². The van der Waals surface area contributed by atoms with Crippen molar-refractivity contribution in [2.24, 2.45) is 17.3 Å². The molecule has 1 saturated carbocycles. The summed E-state index contributed by atoms with van der Waals surface area (Å²) >= 11 is 0. The summed E-state index contributed by atoms with van der Waals surface area (Å²) in [6.45, 7) is 9.50. The van der Waals surface area contributed by atoms with Crippen molar-refractivity contribution in [3.63, 3.8) is 0 Å². The van der Waals surface area contributed by atoms with Crippen molar-refractivity contribution in [2.45, 2.75) is 59.8 Å². The average Bonchev–Trinajstić information content (AvgIpc) is 1.83. The van der Waals surface area contributed by atoms with Crippen LogP contribution in [0, 0.1) is 17.3 Å². The second kappa shape index (κ2) is 3.81. The summed E-state index contributed by atoms with van der Waals surface area (Å²) in [5.74, 6) is 2.03. The number of hydrogen-bond donors (Lipinski definition) is 0. The van der Waals surface area contributed by atoms with Crippen molar-refractivity contribution in [3.05, 3.63) is 0 Å². The van der Waals surface area contributed by atoms with Crippen molar-refractivity contribution >= 4 is 0 Å². The minimum absolute atomic E-state index is 0.677. The Balaban J connectivity index is 2.10. The second-order valence-electron chi connectivity index (χ2n) is 5.57. The van der Waals surface area contributed by atoms with Crippen molar-refractivity contribution in [1.29, 1.82) is 0 Å². The van der Waals surface area contributed by atoms with E-state index in [1.165, 1.54) is 32.1 Å². The van der Waals surface area contributed by atoms with E-state index in [-0.39, 0.29) is 0 Å². The summed E-state index contributed by atoms with van der Waals surface area (Å²) in [7, 11) is 0. The zero-order valence-corrected chi connectivity index (χ0v) is 9.19. The lowest BCUT2D eigenvalue weighted by Crippen LogP contribution is -2.32. The predicted molar refractivity (Wildman–Crippen MR) is 55.2 cm³/mol. The Bertz CT molecular complexity index is 127. The first-order valence-corrected chi connectivity index (χ1v) is 5.53. The van der Waals surface area contributed by atoms with Gasteiger partial charge in [-0.2, -0.15) is 0 Å². The van der Waals surface area contributed by atoms with Crippen LogP contribution in [0.5, 0.6) is 0 Å². The quantitative estimate of drug-likeness (QED) is 0.588. The van der Waals surface area contributed by atoms with Crippen LogP contribution in [0.25, 0.3) is 0 Å². The largest absolute Gasteiger partial charge is 0.0654 e. The van der Waals surface area contributed by atoms with Crippen molar-refractivity contribution in [3.8, 4) is 0 Å². The maximum absolute atomic E-state index is 2.41. The second-order valence-corrected chi connectivity index (χ2v) is 5.57. The van der Waals surface area contributed by atoms with Crippen LogP contribution < -0.4 is 0 Å². The SMILES string of the molecule is CCCC(C)CC1CC(C)(C)C1. The summed E-state index contributed by atoms with van der Waals surface area (Å²) in [6, 6.07) is 0. The van der Waals surface area contributed by atoms with Gasteiger partial charge in [0.25, 0.3) is 0 Å². The molecule has 0 amide bonds. The molecule has 0 nitrogen and oxygen atoms in total. The van der Waals surface area contributed by atoms with Gasteiger partial charge in [-0.25, -0.2) is 0 Å². The van der Waals surface area contributed by atoms with E-state index < -0.39 is 0 Å². The summed E-state index contributed by atoms with van der Waals surface area (Å²) in [5.41, 5.74) is 0.677. The van der Waals surface area contributed by atoms with Gasteiger partial charge < -0.3 is 0 Å². The van der Waals surface area contributed by atoms with Gasteiger partial charge in [-0.3, -0.25) is 0 Å². The minimum Gasteiger partial charge on any atom is -0.0654 e. The van der Waals surface area contributed by atoms with E-state index >= 15 is 0 Å². The van der Waals surface area contributed by atoms with Gasteiger partial charge in [-0.05, 0) is 36.5 Å². The van der Waals surface area contributed by atoms with Gasteiger partial charge in [0.2, 0.25) is 0 Å². The van der Waals surface area contributed by atoms with Crippen LogP contribution in [0.3, 0.4) is 0 Å². The highest BCUT2D eigenvalue weighted by Gasteiger charge is 2.35. The Morgan fingerprint density at radius 1 is 1.33 bits per heavy atom. The summed E-state index contributed by atoms with van der Waals surface area (Å²) in [4.78, 5) is 0. The summed E-state index contributed by atoms with van der Waals surface area (Å²) < 4.78 is 0. The topological polar surface area (TPSA) is 0 Å². The fourth-order valence-corrected chi connectivity index (χ4v) is 2.85. The minimum atomic E-state index is 0.677. The van der Waals surface area contributed by atoms with Crippen molar-refractivity contribution < 1.29 is 0 Å². The molecule has 1 atom stereocenters. The Hall–Kier alpha value is 0. The van der Waals surface area contributed by atoms with Crippen LogP contribution in [0.15, 0.2) is 0 Å². The number of rotatable bonds is 4. The van der Waals surface area contributed by atoms with Crippen LogP contribution in [0.1, 0.15) is 59.8 Å². The van der Waals surface area contributed by atoms with Crippen LogP contribution >= 0.6 is 0 Å². The monoisotopic (exact) mass is 168 g/mol. The molecule has 0 aliphatic heterocycles.